The van der Waals surface area contributed by atoms with E-state index in [1.807, 2.05) is 0 Å². The van der Waals surface area contributed by atoms with Crippen molar-refractivity contribution < 1.29 is 19.6 Å². The Kier molecular flexibility index (Phi) is 4.42. The van der Waals surface area contributed by atoms with Gasteiger partial charge in [-0.1, -0.05) is 24.4 Å². The van der Waals surface area contributed by atoms with Gasteiger partial charge in [0.05, 0.1) is 15.5 Å². The van der Waals surface area contributed by atoms with E-state index in [0.717, 1.165) is 25.0 Å². The number of hydrogen-bond donors (Lipinski definition) is 2. The van der Waals surface area contributed by atoms with Crippen LogP contribution in [0.1, 0.15) is 29.6 Å². The Morgan fingerprint density at radius 1 is 1.48 bits per heavy atom. The van der Waals surface area contributed by atoms with E-state index < -0.39 is 22.8 Å². The number of halogens is 1. The molecule has 0 saturated heterocycles. The lowest BCUT2D eigenvalue weighted by Crippen LogP contribution is -2.41. The summed E-state index contributed by atoms with van der Waals surface area (Å²) in [4.78, 5) is 33.1. The van der Waals surface area contributed by atoms with E-state index in [4.69, 9.17) is 16.7 Å². The van der Waals surface area contributed by atoms with Crippen LogP contribution in [0.3, 0.4) is 0 Å². The Bertz CT molecular complexity index is 600. The second-order valence-electron chi connectivity index (χ2n) is 4.96. The van der Waals surface area contributed by atoms with E-state index in [9.17, 15) is 19.7 Å². The lowest BCUT2D eigenvalue weighted by molar-refractivity contribution is -0.384. The molecule has 1 saturated carbocycles. The number of nitro groups is 1. The van der Waals surface area contributed by atoms with Crippen molar-refractivity contribution in [3.05, 3.63) is 38.9 Å². The van der Waals surface area contributed by atoms with E-state index >= 15 is 0 Å². The maximum atomic E-state index is 12.0. The number of hydrogen-bond acceptors (Lipinski definition) is 4. The second kappa shape index (κ2) is 6.09. The van der Waals surface area contributed by atoms with Crippen molar-refractivity contribution in [2.24, 2.45) is 5.92 Å². The summed E-state index contributed by atoms with van der Waals surface area (Å²) in [6.45, 7) is 0. The molecule has 0 radical (unpaired) electrons. The smallest absolute Gasteiger partial charge is 0.326 e. The second-order valence-corrected chi connectivity index (χ2v) is 5.37. The van der Waals surface area contributed by atoms with Crippen molar-refractivity contribution in [3.8, 4) is 0 Å². The molecule has 2 rings (SSSR count). The molecule has 1 atom stereocenters. The van der Waals surface area contributed by atoms with Gasteiger partial charge in [-0.2, -0.15) is 0 Å². The average Bonchev–Trinajstić information content (AvgIpc) is 3.21. The summed E-state index contributed by atoms with van der Waals surface area (Å²) in [7, 11) is 0. The normalized spacial score (nSPS) is 15.3. The van der Waals surface area contributed by atoms with E-state index in [2.05, 4.69) is 5.32 Å². The monoisotopic (exact) mass is 312 g/mol. The fourth-order valence-electron chi connectivity index (χ4n) is 1.95. The number of carbonyl (C=O) groups is 2. The van der Waals surface area contributed by atoms with Gasteiger partial charge in [-0.25, -0.2) is 4.79 Å². The molecule has 8 heteroatoms. The highest BCUT2D eigenvalue weighted by Crippen LogP contribution is 2.33. The lowest BCUT2D eigenvalue weighted by atomic mass is 10.1. The van der Waals surface area contributed by atoms with Crippen LogP contribution in [0.15, 0.2) is 18.2 Å². The minimum absolute atomic E-state index is 0.0179. The van der Waals surface area contributed by atoms with Gasteiger partial charge in [0.1, 0.15) is 6.04 Å². The lowest BCUT2D eigenvalue weighted by Gasteiger charge is -2.14. The van der Waals surface area contributed by atoms with Crippen molar-refractivity contribution >= 4 is 29.2 Å². The van der Waals surface area contributed by atoms with Crippen molar-refractivity contribution in [1.29, 1.82) is 0 Å². The van der Waals surface area contributed by atoms with Crippen LogP contribution in [-0.2, 0) is 4.79 Å². The van der Waals surface area contributed by atoms with Gasteiger partial charge in [0.25, 0.3) is 11.6 Å². The first kappa shape index (κ1) is 15.2. The zero-order valence-corrected chi connectivity index (χ0v) is 11.7. The van der Waals surface area contributed by atoms with Crippen LogP contribution in [0.25, 0.3) is 0 Å². The fraction of sp³-hybridized carbons (Fsp3) is 0.385. The predicted molar refractivity (Wildman–Crippen MR) is 74.3 cm³/mol. The third kappa shape index (κ3) is 3.91. The summed E-state index contributed by atoms with van der Waals surface area (Å²) in [5, 5.41) is 22.0. The minimum atomic E-state index is -1.10. The molecule has 1 aliphatic rings. The first-order valence-electron chi connectivity index (χ1n) is 6.36. The number of nitrogens with zero attached hydrogens (tertiary/aromatic N) is 1. The van der Waals surface area contributed by atoms with Gasteiger partial charge in [-0.05, 0) is 18.4 Å². The molecular formula is C13H13ClN2O5. The van der Waals surface area contributed by atoms with Crippen LogP contribution in [0, 0.1) is 16.0 Å². The summed E-state index contributed by atoms with van der Waals surface area (Å²) in [5.74, 6) is -1.42. The third-order valence-corrected chi connectivity index (χ3v) is 3.59. The molecule has 7 nitrogen and oxygen atoms in total. The predicted octanol–water partition coefficient (Wildman–Crippen LogP) is 2.23. The van der Waals surface area contributed by atoms with Gasteiger partial charge in [-0.15, -0.1) is 0 Å². The molecule has 1 aromatic carbocycles. The highest BCUT2D eigenvalue weighted by molar-refractivity contribution is 6.34. The summed E-state index contributed by atoms with van der Waals surface area (Å²) < 4.78 is 0. The quantitative estimate of drug-likeness (QED) is 0.618. The van der Waals surface area contributed by atoms with Crippen LogP contribution in [0.5, 0.6) is 0 Å². The highest BCUT2D eigenvalue weighted by Gasteiger charge is 2.30. The van der Waals surface area contributed by atoms with E-state index in [-0.39, 0.29) is 16.3 Å². The third-order valence-electron chi connectivity index (χ3n) is 3.28. The number of carbonyl (C=O) groups excluding carboxylic acids is 1. The van der Waals surface area contributed by atoms with Crippen molar-refractivity contribution in [2.75, 3.05) is 0 Å². The maximum absolute atomic E-state index is 12.0. The van der Waals surface area contributed by atoms with E-state index in [1.54, 1.807) is 0 Å². The molecule has 0 heterocycles. The zero-order chi connectivity index (χ0) is 15.6. The van der Waals surface area contributed by atoms with Crippen LogP contribution in [-0.4, -0.2) is 27.9 Å². The highest BCUT2D eigenvalue weighted by atomic mass is 35.5. The first-order valence-corrected chi connectivity index (χ1v) is 6.74. The zero-order valence-electron chi connectivity index (χ0n) is 10.9. The van der Waals surface area contributed by atoms with Crippen molar-refractivity contribution in [3.63, 3.8) is 0 Å². The SMILES string of the molecule is O=C(NC(CC1CC1)C(=O)O)c1ccc([N+](=O)[O-])cc1Cl. The van der Waals surface area contributed by atoms with Crippen molar-refractivity contribution in [2.45, 2.75) is 25.3 Å². The molecular weight excluding hydrogens is 300 g/mol. The molecule has 0 spiro atoms. The molecule has 1 aliphatic carbocycles. The molecule has 1 fully saturated rings. The number of aliphatic carboxylic acids is 1. The van der Waals surface area contributed by atoms with E-state index in [0.29, 0.717) is 12.3 Å². The largest absolute Gasteiger partial charge is 0.480 e. The molecule has 1 aromatic rings. The Labute approximate surface area is 125 Å². The molecule has 0 aliphatic heterocycles. The number of rotatable bonds is 6. The minimum Gasteiger partial charge on any atom is -0.480 e. The summed E-state index contributed by atoms with van der Waals surface area (Å²) in [6.07, 6.45) is 2.32. The number of carboxylic acid groups (broad SMARTS) is 1. The topological polar surface area (TPSA) is 110 Å². The number of benzene rings is 1. The van der Waals surface area contributed by atoms with Crippen LogP contribution >= 0.6 is 11.6 Å². The Hall–Kier alpha value is -2.15. The number of non-ortho nitro benzene ring substituents is 1. The molecule has 112 valence electrons. The maximum Gasteiger partial charge on any atom is 0.326 e. The molecule has 0 aromatic heterocycles. The van der Waals surface area contributed by atoms with Gasteiger partial charge in [0.15, 0.2) is 0 Å². The van der Waals surface area contributed by atoms with Crippen LogP contribution < -0.4 is 5.32 Å². The Morgan fingerprint density at radius 2 is 2.14 bits per heavy atom. The average molecular weight is 313 g/mol. The standard InChI is InChI=1S/C13H13ClN2O5/c14-10-6-8(16(20)21)3-4-9(10)12(17)15-11(13(18)19)5-7-1-2-7/h3-4,6-7,11H,1-2,5H2,(H,15,17)(H,18,19). The number of carboxylic acids is 1. The van der Waals surface area contributed by atoms with Crippen molar-refractivity contribution in [1.82, 2.24) is 5.32 Å². The van der Waals surface area contributed by atoms with E-state index in [1.165, 1.54) is 6.07 Å². The van der Waals surface area contributed by atoms with Gasteiger partial charge in [0, 0.05) is 12.1 Å². The summed E-state index contributed by atoms with van der Waals surface area (Å²) in [6, 6.07) is 2.45. The van der Waals surface area contributed by atoms with Gasteiger partial charge in [-0.3, -0.25) is 14.9 Å². The van der Waals surface area contributed by atoms with Gasteiger partial charge in [0.2, 0.25) is 0 Å². The first-order chi connectivity index (χ1) is 9.88. The molecule has 1 amide bonds. The number of amides is 1. The summed E-state index contributed by atoms with van der Waals surface area (Å²) >= 11 is 5.84. The number of nitrogens with one attached hydrogen (secondary N) is 1. The Morgan fingerprint density at radius 3 is 2.62 bits per heavy atom. The molecule has 21 heavy (non-hydrogen) atoms. The molecule has 1 unspecified atom stereocenters. The van der Waals surface area contributed by atoms with Crippen LogP contribution in [0.4, 0.5) is 5.69 Å². The summed E-state index contributed by atoms with van der Waals surface area (Å²) in [5.41, 5.74) is -0.214. The molecule has 0 bridgehead atoms. The van der Waals surface area contributed by atoms with Crippen LogP contribution in [0.2, 0.25) is 5.02 Å². The van der Waals surface area contributed by atoms with Gasteiger partial charge < -0.3 is 10.4 Å². The number of nitro benzene ring substituents is 1. The fourth-order valence-corrected chi connectivity index (χ4v) is 2.21. The molecule has 2 N–H and O–H groups in total. The Balaban J connectivity index is 2.11. The van der Waals surface area contributed by atoms with Gasteiger partial charge >= 0.3 is 5.97 Å².